The number of unbranched alkanes of at least 4 members (excludes halogenated alkanes) is 2. The summed E-state index contributed by atoms with van der Waals surface area (Å²) in [5, 5.41) is 0. The number of rotatable bonds is 8. The molecule has 0 aromatic rings. The van der Waals surface area contributed by atoms with Gasteiger partial charge in [0, 0.05) is 0 Å². The molecule has 0 aliphatic heterocycles. The van der Waals surface area contributed by atoms with Crippen molar-refractivity contribution in [2.24, 2.45) is 11.8 Å². The first kappa shape index (κ1) is 15.2. The first-order chi connectivity index (χ1) is 7.67. The molecule has 2 unspecified atom stereocenters. The minimum atomic E-state index is -0.0675. The zero-order valence-electron chi connectivity index (χ0n) is 11.2. The maximum Gasteiger partial charge on any atom is 0.309 e. The first-order valence-corrected chi connectivity index (χ1v) is 6.36. The second kappa shape index (κ2) is 9.44. The van der Waals surface area contributed by atoms with Gasteiger partial charge < -0.3 is 4.74 Å². The molecule has 0 spiro atoms. The fourth-order valence-corrected chi connectivity index (χ4v) is 1.91. The molecule has 2 atom stereocenters. The van der Waals surface area contributed by atoms with Crippen molar-refractivity contribution in [1.82, 2.24) is 0 Å². The number of hydrogen-bond donors (Lipinski definition) is 0. The van der Waals surface area contributed by atoms with Crippen LogP contribution in [0.25, 0.3) is 0 Å². The van der Waals surface area contributed by atoms with Gasteiger partial charge in [0.25, 0.3) is 0 Å². The third-order valence-corrected chi connectivity index (χ3v) is 3.08. The number of esters is 1. The van der Waals surface area contributed by atoms with E-state index in [1.165, 1.54) is 26.4 Å². The quantitative estimate of drug-likeness (QED) is 0.356. The molecule has 16 heavy (non-hydrogen) atoms. The molecule has 94 valence electrons. The van der Waals surface area contributed by atoms with E-state index in [-0.39, 0.29) is 11.9 Å². The lowest BCUT2D eigenvalue weighted by Gasteiger charge is -2.20. The molecule has 2 heteroatoms. The van der Waals surface area contributed by atoms with Gasteiger partial charge in [-0.3, -0.25) is 4.79 Å². The zero-order valence-corrected chi connectivity index (χ0v) is 11.2. The van der Waals surface area contributed by atoms with E-state index in [4.69, 9.17) is 4.74 Å². The number of allylic oxidation sites excluding steroid dienone is 2. The summed E-state index contributed by atoms with van der Waals surface area (Å²) < 4.78 is 4.86. The molecule has 0 radical (unpaired) electrons. The van der Waals surface area contributed by atoms with Crippen LogP contribution in [0.2, 0.25) is 0 Å². The fraction of sp³-hybridized carbons (Fsp3) is 0.786. The maximum absolute atomic E-state index is 11.6. The van der Waals surface area contributed by atoms with Crippen LogP contribution >= 0.6 is 0 Å². The van der Waals surface area contributed by atoms with Crippen molar-refractivity contribution in [3.8, 4) is 0 Å². The van der Waals surface area contributed by atoms with Gasteiger partial charge in [-0.15, -0.1) is 0 Å². The summed E-state index contributed by atoms with van der Waals surface area (Å²) in [7, 11) is 1.48. The standard InChI is InChI=1S/C14H26O2/c1-5-7-9-10-12(3)13(11-8-6-2)14(15)16-4/h6,8,12-13H,5,7,9-11H2,1-4H3. The summed E-state index contributed by atoms with van der Waals surface area (Å²) in [4.78, 5) is 11.6. The molecule has 0 fully saturated rings. The predicted octanol–water partition coefficient (Wildman–Crippen LogP) is 3.96. The summed E-state index contributed by atoms with van der Waals surface area (Å²) in [6, 6.07) is 0. The van der Waals surface area contributed by atoms with Crippen molar-refractivity contribution in [3.63, 3.8) is 0 Å². The van der Waals surface area contributed by atoms with Gasteiger partial charge in [-0.1, -0.05) is 45.3 Å². The Morgan fingerprint density at radius 1 is 1.38 bits per heavy atom. The Bertz CT molecular complexity index is 209. The Morgan fingerprint density at radius 2 is 2.06 bits per heavy atom. The Balaban J connectivity index is 4.20. The minimum Gasteiger partial charge on any atom is -0.469 e. The molecule has 0 aliphatic rings. The lowest BCUT2D eigenvalue weighted by molar-refractivity contribution is -0.147. The Hall–Kier alpha value is -0.790. The smallest absolute Gasteiger partial charge is 0.309 e. The highest BCUT2D eigenvalue weighted by Gasteiger charge is 2.24. The largest absolute Gasteiger partial charge is 0.469 e. The van der Waals surface area contributed by atoms with Crippen molar-refractivity contribution < 1.29 is 9.53 Å². The van der Waals surface area contributed by atoms with Gasteiger partial charge >= 0.3 is 5.97 Å². The van der Waals surface area contributed by atoms with Crippen LogP contribution in [0.1, 0.15) is 52.9 Å². The van der Waals surface area contributed by atoms with Gasteiger partial charge in [0.2, 0.25) is 0 Å². The molecule has 0 saturated heterocycles. The molecule has 0 saturated carbocycles. The normalized spacial score (nSPS) is 15.0. The summed E-state index contributed by atoms with van der Waals surface area (Å²) in [5.41, 5.74) is 0. The summed E-state index contributed by atoms with van der Waals surface area (Å²) in [6.07, 6.45) is 9.65. The number of carbonyl (C=O) groups is 1. The minimum absolute atomic E-state index is 0.0260. The van der Waals surface area contributed by atoms with E-state index in [0.717, 1.165) is 12.8 Å². The van der Waals surface area contributed by atoms with Crippen molar-refractivity contribution in [3.05, 3.63) is 12.2 Å². The van der Waals surface area contributed by atoms with Gasteiger partial charge in [-0.05, 0) is 25.7 Å². The summed E-state index contributed by atoms with van der Waals surface area (Å²) in [5.74, 6) is 0.371. The van der Waals surface area contributed by atoms with Crippen LogP contribution in [-0.2, 0) is 9.53 Å². The number of methoxy groups -OCH3 is 1. The monoisotopic (exact) mass is 226 g/mol. The Kier molecular flexibility index (Phi) is 8.97. The van der Waals surface area contributed by atoms with Gasteiger partial charge in [0.15, 0.2) is 0 Å². The van der Waals surface area contributed by atoms with Crippen LogP contribution in [0.3, 0.4) is 0 Å². The summed E-state index contributed by atoms with van der Waals surface area (Å²) in [6.45, 7) is 6.33. The molecule has 0 aliphatic carbocycles. The molecule has 0 heterocycles. The van der Waals surface area contributed by atoms with Crippen LogP contribution in [0, 0.1) is 11.8 Å². The second-order valence-electron chi connectivity index (χ2n) is 4.41. The van der Waals surface area contributed by atoms with Crippen LogP contribution in [0.4, 0.5) is 0 Å². The van der Waals surface area contributed by atoms with E-state index in [2.05, 4.69) is 19.9 Å². The van der Waals surface area contributed by atoms with E-state index in [1.807, 2.05) is 13.0 Å². The van der Waals surface area contributed by atoms with E-state index < -0.39 is 0 Å². The van der Waals surface area contributed by atoms with Gasteiger partial charge in [0.05, 0.1) is 13.0 Å². The van der Waals surface area contributed by atoms with E-state index >= 15 is 0 Å². The molecular weight excluding hydrogens is 200 g/mol. The SMILES string of the molecule is CC=CCC(C(=O)OC)C(C)CCCCC. The van der Waals surface area contributed by atoms with E-state index in [9.17, 15) is 4.79 Å². The third-order valence-electron chi connectivity index (χ3n) is 3.08. The molecule has 2 nitrogen and oxygen atoms in total. The van der Waals surface area contributed by atoms with Crippen LogP contribution < -0.4 is 0 Å². The lowest BCUT2D eigenvalue weighted by atomic mass is 9.87. The van der Waals surface area contributed by atoms with Gasteiger partial charge in [0.1, 0.15) is 0 Å². The molecule has 0 amide bonds. The average Bonchev–Trinajstić information content (AvgIpc) is 2.29. The zero-order chi connectivity index (χ0) is 12.4. The highest BCUT2D eigenvalue weighted by Crippen LogP contribution is 2.23. The van der Waals surface area contributed by atoms with E-state index in [1.54, 1.807) is 0 Å². The predicted molar refractivity (Wildman–Crippen MR) is 68.2 cm³/mol. The van der Waals surface area contributed by atoms with Crippen molar-refractivity contribution in [2.75, 3.05) is 7.11 Å². The first-order valence-electron chi connectivity index (χ1n) is 6.36. The second-order valence-corrected chi connectivity index (χ2v) is 4.41. The molecule has 0 aromatic heterocycles. The molecule has 0 rings (SSSR count). The lowest BCUT2D eigenvalue weighted by Crippen LogP contribution is -2.23. The van der Waals surface area contributed by atoms with Crippen molar-refractivity contribution >= 4 is 5.97 Å². The number of hydrogen-bond acceptors (Lipinski definition) is 2. The summed E-state index contributed by atoms with van der Waals surface area (Å²) >= 11 is 0. The van der Waals surface area contributed by atoms with Crippen LogP contribution in [0.5, 0.6) is 0 Å². The molecule has 0 N–H and O–H groups in total. The van der Waals surface area contributed by atoms with E-state index in [0.29, 0.717) is 5.92 Å². The average molecular weight is 226 g/mol. The van der Waals surface area contributed by atoms with Crippen LogP contribution in [-0.4, -0.2) is 13.1 Å². The number of ether oxygens (including phenoxy) is 1. The Labute approximate surface area is 100 Å². The fourth-order valence-electron chi connectivity index (χ4n) is 1.91. The van der Waals surface area contributed by atoms with Gasteiger partial charge in [-0.25, -0.2) is 0 Å². The highest BCUT2D eigenvalue weighted by atomic mass is 16.5. The van der Waals surface area contributed by atoms with Crippen molar-refractivity contribution in [2.45, 2.75) is 52.9 Å². The topological polar surface area (TPSA) is 26.3 Å². The number of carbonyl (C=O) groups excluding carboxylic acids is 1. The third kappa shape index (κ3) is 5.94. The molecular formula is C14H26O2. The van der Waals surface area contributed by atoms with Gasteiger partial charge in [-0.2, -0.15) is 0 Å². The molecule has 0 bridgehead atoms. The molecule has 0 aromatic carbocycles. The maximum atomic E-state index is 11.6. The Morgan fingerprint density at radius 3 is 2.56 bits per heavy atom. The van der Waals surface area contributed by atoms with Crippen molar-refractivity contribution in [1.29, 1.82) is 0 Å². The highest BCUT2D eigenvalue weighted by molar-refractivity contribution is 5.72. The van der Waals surface area contributed by atoms with Crippen LogP contribution in [0.15, 0.2) is 12.2 Å².